The lowest BCUT2D eigenvalue weighted by atomic mass is 10.1. The molecular weight excluding hydrogens is 172 g/mol. The Hall–Kier alpha value is -1.83. The van der Waals surface area contributed by atoms with Crippen molar-refractivity contribution in [2.24, 2.45) is 0 Å². The van der Waals surface area contributed by atoms with E-state index in [2.05, 4.69) is 4.98 Å². The molecule has 0 amide bonds. The van der Waals surface area contributed by atoms with Gasteiger partial charge in [0.25, 0.3) is 0 Å². The molecule has 0 aliphatic heterocycles. The Morgan fingerprint density at radius 3 is 2.43 bits per heavy atom. The smallest absolute Gasteiger partial charge is 0.0602 e. The van der Waals surface area contributed by atoms with Gasteiger partial charge in [0.2, 0.25) is 0 Å². The summed E-state index contributed by atoms with van der Waals surface area (Å²) >= 11 is 0. The lowest BCUT2D eigenvalue weighted by Crippen LogP contribution is -1.93. The molecule has 0 aliphatic rings. The topological polar surface area (TPSA) is 38.9 Å². The summed E-state index contributed by atoms with van der Waals surface area (Å²) < 4.78 is 0. The van der Waals surface area contributed by atoms with E-state index in [4.69, 9.17) is 5.73 Å². The summed E-state index contributed by atoms with van der Waals surface area (Å²) in [5.74, 6) is 0. The van der Waals surface area contributed by atoms with Gasteiger partial charge in [-0.3, -0.25) is 4.98 Å². The van der Waals surface area contributed by atoms with E-state index >= 15 is 0 Å². The quantitative estimate of drug-likeness (QED) is 0.740. The van der Waals surface area contributed by atoms with Crippen molar-refractivity contribution in [2.45, 2.75) is 6.92 Å². The minimum atomic E-state index is 0.742. The molecule has 2 rings (SSSR count). The van der Waals surface area contributed by atoms with Crippen molar-refractivity contribution in [3.63, 3.8) is 0 Å². The molecule has 14 heavy (non-hydrogen) atoms. The van der Waals surface area contributed by atoms with Crippen molar-refractivity contribution in [3.8, 4) is 11.1 Å². The number of pyridine rings is 1. The highest BCUT2D eigenvalue weighted by atomic mass is 14.7. The van der Waals surface area contributed by atoms with Crippen molar-refractivity contribution in [1.29, 1.82) is 0 Å². The molecule has 0 fully saturated rings. The van der Waals surface area contributed by atoms with Gasteiger partial charge in [0.15, 0.2) is 0 Å². The van der Waals surface area contributed by atoms with E-state index in [1.54, 1.807) is 0 Å². The van der Waals surface area contributed by atoms with Crippen LogP contribution in [0.3, 0.4) is 0 Å². The first-order valence-electron chi connectivity index (χ1n) is 4.55. The summed E-state index contributed by atoms with van der Waals surface area (Å²) in [7, 11) is 0. The Balaban J connectivity index is 2.48. The number of nitrogens with zero attached hydrogens (tertiary/aromatic N) is 1. The molecule has 0 spiro atoms. The van der Waals surface area contributed by atoms with Gasteiger partial charge in [0.1, 0.15) is 0 Å². The first-order valence-corrected chi connectivity index (χ1v) is 4.55. The Labute approximate surface area is 83.4 Å². The molecule has 1 aromatic carbocycles. The van der Waals surface area contributed by atoms with Crippen molar-refractivity contribution in [3.05, 3.63) is 48.3 Å². The molecule has 0 radical (unpaired) electrons. The maximum atomic E-state index is 5.80. The second-order valence-electron chi connectivity index (χ2n) is 3.26. The fourth-order valence-electron chi connectivity index (χ4n) is 1.34. The van der Waals surface area contributed by atoms with Crippen LogP contribution in [-0.4, -0.2) is 4.98 Å². The Bertz CT molecular complexity index is 435. The van der Waals surface area contributed by atoms with Gasteiger partial charge in [-0.1, -0.05) is 30.3 Å². The van der Waals surface area contributed by atoms with E-state index in [9.17, 15) is 0 Å². The van der Waals surface area contributed by atoms with Crippen LogP contribution < -0.4 is 5.73 Å². The van der Waals surface area contributed by atoms with Crippen molar-refractivity contribution < 1.29 is 0 Å². The molecule has 70 valence electrons. The molecule has 0 saturated heterocycles. The van der Waals surface area contributed by atoms with Crippen LogP contribution in [0, 0.1) is 6.92 Å². The molecule has 0 bridgehead atoms. The van der Waals surface area contributed by atoms with Crippen molar-refractivity contribution in [1.82, 2.24) is 4.98 Å². The number of rotatable bonds is 1. The summed E-state index contributed by atoms with van der Waals surface area (Å²) in [6.45, 7) is 1.91. The van der Waals surface area contributed by atoms with Crippen LogP contribution in [0.1, 0.15) is 5.69 Å². The number of nitrogen functional groups attached to an aromatic ring is 1. The van der Waals surface area contributed by atoms with Gasteiger partial charge < -0.3 is 5.73 Å². The molecule has 2 N–H and O–H groups in total. The minimum Gasteiger partial charge on any atom is -0.397 e. The third kappa shape index (κ3) is 1.59. The number of aromatic nitrogens is 1. The highest BCUT2D eigenvalue weighted by molar-refractivity contribution is 5.66. The number of hydrogen-bond donors (Lipinski definition) is 1. The van der Waals surface area contributed by atoms with Crippen LogP contribution in [0.5, 0.6) is 0 Å². The molecular formula is C12H12N2. The second kappa shape index (κ2) is 3.50. The summed E-state index contributed by atoms with van der Waals surface area (Å²) in [6, 6.07) is 12.1. The second-order valence-corrected chi connectivity index (χ2v) is 3.26. The molecule has 0 aliphatic carbocycles. The normalized spacial score (nSPS) is 10.1. The van der Waals surface area contributed by atoms with Gasteiger partial charge in [0.05, 0.1) is 11.4 Å². The number of anilines is 1. The van der Waals surface area contributed by atoms with E-state index in [-0.39, 0.29) is 0 Å². The van der Waals surface area contributed by atoms with Crippen LogP contribution in [0.4, 0.5) is 5.69 Å². The molecule has 0 saturated carbocycles. The summed E-state index contributed by atoms with van der Waals surface area (Å²) in [6.07, 6.45) is 1.85. The average Bonchev–Trinajstić information content (AvgIpc) is 2.23. The Morgan fingerprint density at radius 2 is 1.79 bits per heavy atom. The number of hydrogen-bond acceptors (Lipinski definition) is 2. The lowest BCUT2D eigenvalue weighted by molar-refractivity contribution is 1.21. The predicted octanol–water partition coefficient (Wildman–Crippen LogP) is 2.64. The van der Waals surface area contributed by atoms with E-state index in [1.807, 2.05) is 49.5 Å². The van der Waals surface area contributed by atoms with E-state index < -0.39 is 0 Å². The molecule has 2 heteroatoms. The van der Waals surface area contributed by atoms with Crippen LogP contribution >= 0.6 is 0 Å². The number of benzene rings is 1. The van der Waals surface area contributed by atoms with Gasteiger partial charge in [-0.2, -0.15) is 0 Å². The fraction of sp³-hybridized carbons (Fsp3) is 0.0833. The van der Waals surface area contributed by atoms with Crippen LogP contribution in [0.15, 0.2) is 42.6 Å². The van der Waals surface area contributed by atoms with Crippen LogP contribution in [0.2, 0.25) is 0 Å². The van der Waals surface area contributed by atoms with Crippen LogP contribution in [0.25, 0.3) is 11.1 Å². The fourth-order valence-corrected chi connectivity index (χ4v) is 1.34. The third-order valence-electron chi connectivity index (χ3n) is 2.23. The van der Waals surface area contributed by atoms with Gasteiger partial charge in [-0.15, -0.1) is 0 Å². The molecule has 1 heterocycles. The molecule has 2 aromatic rings. The van der Waals surface area contributed by atoms with E-state index in [0.717, 1.165) is 22.5 Å². The number of aryl methyl sites for hydroxylation is 1. The number of nitrogens with two attached hydrogens (primary N) is 1. The maximum absolute atomic E-state index is 5.80. The Morgan fingerprint density at radius 1 is 1.07 bits per heavy atom. The van der Waals surface area contributed by atoms with Gasteiger partial charge >= 0.3 is 0 Å². The zero-order chi connectivity index (χ0) is 9.97. The highest BCUT2D eigenvalue weighted by Gasteiger charge is 1.99. The molecule has 0 atom stereocenters. The van der Waals surface area contributed by atoms with Gasteiger partial charge in [-0.25, -0.2) is 0 Å². The predicted molar refractivity (Wildman–Crippen MR) is 58.8 cm³/mol. The van der Waals surface area contributed by atoms with Crippen molar-refractivity contribution >= 4 is 5.69 Å². The third-order valence-corrected chi connectivity index (χ3v) is 2.23. The molecule has 2 nitrogen and oxygen atoms in total. The highest BCUT2D eigenvalue weighted by Crippen LogP contribution is 2.21. The largest absolute Gasteiger partial charge is 0.397 e. The SMILES string of the molecule is Cc1ncc(-c2ccccc2)cc1N. The molecule has 1 aromatic heterocycles. The van der Waals surface area contributed by atoms with Gasteiger partial charge in [-0.05, 0) is 18.6 Å². The maximum Gasteiger partial charge on any atom is 0.0602 e. The minimum absolute atomic E-state index is 0.742. The van der Waals surface area contributed by atoms with Crippen molar-refractivity contribution in [2.75, 3.05) is 5.73 Å². The average molecular weight is 184 g/mol. The lowest BCUT2D eigenvalue weighted by Gasteiger charge is -2.03. The van der Waals surface area contributed by atoms with E-state index in [1.165, 1.54) is 0 Å². The zero-order valence-corrected chi connectivity index (χ0v) is 8.07. The van der Waals surface area contributed by atoms with Crippen LogP contribution in [-0.2, 0) is 0 Å². The zero-order valence-electron chi connectivity index (χ0n) is 8.07. The van der Waals surface area contributed by atoms with Gasteiger partial charge in [0, 0.05) is 11.8 Å². The summed E-state index contributed by atoms with van der Waals surface area (Å²) in [5.41, 5.74) is 9.63. The summed E-state index contributed by atoms with van der Waals surface area (Å²) in [5, 5.41) is 0. The first-order chi connectivity index (χ1) is 6.77. The Kier molecular flexibility index (Phi) is 2.19. The standard InChI is InChI=1S/C12H12N2/c1-9-12(13)7-11(8-14-9)10-5-3-2-4-6-10/h2-8H,13H2,1H3. The van der Waals surface area contributed by atoms with E-state index in [0.29, 0.717) is 0 Å². The first kappa shape index (κ1) is 8.75. The molecule has 0 unspecified atom stereocenters. The summed E-state index contributed by atoms with van der Waals surface area (Å²) in [4.78, 5) is 4.23. The monoisotopic (exact) mass is 184 g/mol.